The molecule has 18 heavy (non-hydrogen) atoms. The first-order valence-corrected chi connectivity index (χ1v) is 6.79. The van der Waals surface area contributed by atoms with Crippen molar-refractivity contribution in [3.8, 4) is 6.07 Å². The van der Waals surface area contributed by atoms with Crippen molar-refractivity contribution >= 4 is 16.2 Å². The van der Waals surface area contributed by atoms with Crippen LogP contribution in [-0.4, -0.2) is 23.3 Å². The van der Waals surface area contributed by atoms with Crippen LogP contribution in [-0.2, 0) is 15.2 Å². The number of ketones is 1. The molecule has 0 atom stereocenters. The van der Waals surface area contributed by atoms with E-state index in [2.05, 4.69) is 6.92 Å². The molecule has 0 unspecified atom stereocenters. The van der Waals surface area contributed by atoms with Crippen molar-refractivity contribution in [2.75, 3.05) is 0 Å². The number of carbonyl (C=O) groups is 1. The molecule has 0 aromatic heterocycles. The zero-order valence-electron chi connectivity index (χ0n) is 10.8. The largest absolute Gasteiger partial charge is 0.726 e. The molecule has 1 aliphatic rings. The first kappa shape index (κ1) is 19.2. The van der Waals surface area contributed by atoms with Gasteiger partial charge in [-0.25, -0.2) is 8.42 Å². The summed E-state index contributed by atoms with van der Waals surface area (Å²) in [5.41, 5.74) is 0. The highest BCUT2D eigenvalue weighted by Crippen LogP contribution is 2.29. The summed E-state index contributed by atoms with van der Waals surface area (Å²) in [6, 6.07) is 1.75. The summed E-state index contributed by atoms with van der Waals surface area (Å²) in [4.78, 5) is 10.9. The van der Waals surface area contributed by atoms with E-state index in [-0.39, 0.29) is 0 Å². The molecule has 1 fully saturated rings. The normalized spacial score (nSPS) is 15.4. The number of nitriles is 1. The van der Waals surface area contributed by atoms with Crippen molar-refractivity contribution in [1.29, 1.82) is 5.26 Å². The molecular formula is C11H19NO5S. The van der Waals surface area contributed by atoms with Gasteiger partial charge in [0.25, 0.3) is 0 Å². The van der Waals surface area contributed by atoms with Gasteiger partial charge in [-0.2, -0.15) is 5.26 Å². The average molecular weight is 277 g/mol. The number of hydrogen-bond acceptors (Lipinski definition) is 5. The van der Waals surface area contributed by atoms with Crippen LogP contribution >= 0.6 is 0 Å². The highest BCUT2D eigenvalue weighted by molar-refractivity contribution is 7.79. The Bertz CT molecular complexity index is 355. The second kappa shape index (κ2) is 9.88. The van der Waals surface area contributed by atoms with Crippen LogP contribution in [0.25, 0.3) is 0 Å². The minimum atomic E-state index is -4.92. The van der Waals surface area contributed by atoms with Crippen molar-refractivity contribution in [2.45, 2.75) is 46.5 Å². The topological polar surface area (TPSA) is 118 Å². The summed E-state index contributed by atoms with van der Waals surface area (Å²) >= 11 is 0. The predicted molar refractivity (Wildman–Crippen MR) is 65.2 cm³/mol. The number of rotatable bonds is 1. The van der Waals surface area contributed by atoms with Gasteiger partial charge in [0.1, 0.15) is 5.78 Å². The monoisotopic (exact) mass is 277 g/mol. The van der Waals surface area contributed by atoms with E-state index in [1.807, 2.05) is 0 Å². The third-order valence-electron chi connectivity index (χ3n) is 2.41. The third-order valence-corrected chi connectivity index (χ3v) is 2.41. The zero-order valence-corrected chi connectivity index (χ0v) is 11.7. The maximum atomic E-state index is 10.9. The third kappa shape index (κ3) is 17.3. The van der Waals surface area contributed by atoms with Gasteiger partial charge < -0.3 is 4.55 Å². The Labute approximate surface area is 109 Å². The Balaban J connectivity index is 0. The quantitative estimate of drug-likeness (QED) is 0.444. The number of carbonyl (C=O) groups excluding carboxylic acids is 1. The van der Waals surface area contributed by atoms with Crippen LogP contribution in [0.15, 0.2) is 0 Å². The van der Waals surface area contributed by atoms with Crippen molar-refractivity contribution in [1.82, 2.24) is 0 Å². The lowest BCUT2D eigenvalue weighted by atomic mass is 9.81. The average Bonchev–Trinajstić information content (AvgIpc) is 2.16. The molecule has 0 heterocycles. The van der Waals surface area contributed by atoms with Crippen LogP contribution in [0.2, 0.25) is 0 Å². The maximum Gasteiger partial charge on any atom is 0.215 e. The molecular weight excluding hydrogens is 258 g/mol. The van der Waals surface area contributed by atoms with E-state index in [1.165, 1.54) is 19.8 Å². The van der Waals surface area contributed by atoms with Gasteiger partial charge in [-0.1, -0.05) is 0 Å². The molecule has 7 heteroatoms. The van der Waals surface area contributed by atoms with Crippen LogP contribution in [0.5, 0.6) is 0 Å². The van der Waals surface area contributed by atoms with Gasteiger partial charge in [0.05, 0.1) is 31.8 Å². The number of Topliss-reactive ketones (excluding diaryl/α,β-unsaturated/α-hetero) is 1. The van der Waals surface area contributed by atoms with E-state index in [1.54, 1.807) is 18.9 Å². The van der Waals surface area contributed by atoms with Gasteiger partial charge in [0.2, 0.25) is 10.4 Å². The van der Waals surface area contributed by atoms with Crippen LogP contribution in [0.1, 0.15) is 46.5 Å². The van der Waals surface area contributed by atoms with Crippen LogP contribution in [0.3, 0.4) is 0 Å². The van der Waals surface area contributed by atoms with Crippen LogP contribution < -0.4 is 0 Å². The molecule has 6 nitrogen and oxygen atoms in total. The Morgan fingerprint density at radius 3 is 1.94 bits per heavy atom. The van der Waals surface area contributed by atoms with Crippen molar-refractivity contribution < 1.29 is 22.3 Å². The number of hydrogen-bond donors (Lipinski definition) is 1. The van der Waals surface area contributed by atoms with Gasteiger partial charge in [0, 0.05) is 12.8 Å². The lowest BCUT2D eigenvalue weighted by Gasteiger charge is -2.16. The molecule has 1 rings (SSSR count). The van der Waals surface area contributed by atoms with Gasteiger partial charge in [0.15, 0.2) is 0 Å². The molecule has 1 saturated carbocycles. The second-order valence-corrected chi connectivity index (χ2v) is 4.85. The SMILES string of the molecule is CC#N.CC(=O)C1CC[C+](C)CC1.O=S(=O)([O-])O. The van der Waals surface area contributed by atoms with Gasteiger partial charge in [-0.05, 0) is 19.8 Å². The first-order chi connectivity index (χ1) is 8.11. The lowest BCUT2D eigenvalue weighted by molar-refractivity contribution is -0.121. The van der Waals surface area contributed by atoms with E-state index < -0.39 is 10.4 Å². The predicted octanol–water partition coefficient (Wildman–Crippen LogP) is 1.89. The van der Waals surface area contributed by atoms with Crippen molar-refractivity contribution in [3.63, 3.8) is 0 Å². The van der Waals surface area contributed by atoms with Crippen LogP contribution in [0.4, 0.5) is 0 Å². The Morgan fingerprint density at radius 2 is 1.72 bits per heavy atom. The van der Waals surface area contributed by atoms with Crippen molar-refractivity contribution in [3.05, 3.63) is 5.92 Å². The molecule has 0 bridgehead atoms. The van der Waals surface area contributed by atoms with Gasteiger partial charge in [-0.3, -0.25) is 9.35 Å². The van der Waals surface area contributed by atoms with E-state index >= 15 is 0 Å². The number of nitrogens with zero attached hydrogens (tertiary/aromatic N) is 1. The molecule has 104 valence electrons. The van der Waals surface area contributed by atoms with Crippen LogP contribution in [0, 0.1) is 23.2 Å². The molecule has 0 amide bonds. The summed E-state index contributed by atoms with van der Waals surface area (Å²) in [6.07, 6.45) is 4.54. The highest BCUT2D eigenvalue weighted by atomic mass is 32.3. The molecule has 0 aliphatic heterocycles. The smallest absolute Gasteiger partial charge is 0.215 e. The Hall–Kier alpha value is -1.10. The summed E-state index contributed by atoms with van der Waals surface area (Å²) in [5.74, 6) is 2.33. The van der Waals surface area contributed by atoms with Crippen molar-refractivity contribution in [2.24, 2.45) is 5.92 Å². The fourth-order valence-corrected chi connectivity index (χ4v) is 1.52. The lowest BCUT2D eigenvalue weighted by Crippen LogP contribution is -2.17. The molecule has 0 aromatic rings. The summed E-state index contributed by atoms with van der Waals surface area (Å²) in [5, 5.41) is 7.32. The fraction of sp³-hybridized carbons (Fsp3) is 0.727. The standard InChI is InChI=1S/C9H15O.C2H3N.H2O4S/c1-7-3-5-9(6-4-7)8(2)10;1-2-3;1-5(2,3)4/h9H,3-6H2,1-2H3;1H3;(H2,1,2,3,4)/q+1;;/p-1. The molecule has 0 radical (unpaired) electrons. The highest BCUT2D eigenvalue weighted by Gasteiger charge is 2.27. The van der Waals surface area contributed by atoms with E-state index in [9.17, 15) is 4.79 Å². The molecule has 1 N–H and O–H groups in total. The maximum absolute atomic E-state index is 10.9. The van der Waals surface area contributed by atoms with Gasteiger partial charge >= 0.3 is 0 Å². The molecule has 0 saturated heterocycles. The van der Waals surface area contributed by atoms with E-state index in [4.69, 9.17) is 22.8 Å². The van der Waals surface area contributed by atoms with E-state index in [0.717, 1.165) is 12.8 Å². The van der Waals surface area contributed by atoms with Gasteiger partial charge in [-0.15, -0.1) is 0 Å². The first-order valence-electron chi connectivity index (χ1n) is 5.42. The summed E-state index contributed by atoms with van der Waals surface area (Å²) < 4.78 is 32.8. The second-order valence-electron chi connectivity index (χ2n) is 3.99. The molecule has 0 spiro atoms. The molecule has 0 aromatic carbocycles. The Morgan fingerprint density at radius 1 is 1.44 bits per heavy atom. The minimum Gasteiger partial charge on any atom is -0.726 e. The fourth-order valence-electron chi connectivity index (χ4n) is 1.52. The Kier molecular flexibility index (Phi) is 10.6. The summed E-state index contributed by atoms with van der Waals surface area (Å²) in [6.45, 7) is 5.33. The minimum absolute atomic E-state index is 0.378. The zero-order chi connectivity index (χ0) is 14.8. The van der Waals surface area contributed by atoms with E-state index in [0.29, 0.717) is 11.7 Å². The summed E-state index contributed by atoms with van der Waals surface area (Å²) in [7, 11) is -4.92. The molecule has 1 aliphatic carbocycles.